The highest BCUT2D eigenvalue weighted by molar-refractivity contribution is 5.06. The minimum Gasteiger partial charge on any atom is -0.313 e. The van der Waals surface area contributed by atoms with Crippen LogP contribution in [0.3, 0.4) is 0 Å². The first-order chi connectivity index (χ1) is 14.8. The lowest BCUT2D eigenvalue weighted by Crippen LogP contribution is -2.38. The van der Waals surface area contributed by atoms with E-state index in [2.05, 4.69) is 91.9 Å². The molecule has 0 fully saturated rings. The summed E-state index contributed by atoms with van der Waals surface area (Å²) in [5, 5.41) is 3.89. The predicted molar refractivity (Wildman–Crippen MR) is 144 cm³/mol. The molecule has 0 aromatic rings. The quantitative estimate of drug-likeness (QED) is 0.200. The fourth-order valence-electron chi connectivity index (χ4n) is 4.71. The van der Waals surface area contributed by atoms with Crippen molar-refractivity contribution in [3.05, 3.63) is 24.3 Å². The van der Waals surface area contributed by atoms with Gasteiger partial charge in [0, 0.05) is 6.04 Å². The van der Waals surface area contributed by atoms with Crippen molar-refractivity contribution in [3.8, 4) is 0 Å². The number of hydrogen-bond acceptors (Lipinski definition) is 1. The van der Waals surface area contributed by atoms with E-state index in [1.807, 2.05) is 0 Å². The zero-order valence-corrected chi connectivity index (χ0v) is 22.9. The van der Waals surface area contributed by atoms with Crippen LogP contribution in [-0.2, 0) is 0 Å². The third-order valence-corrected chi connectivity index (χ3v) is 7.61. The topological polar surface area (TPSA) is 12.0 Å². The van der Waals surface area contributed by atoms with Crippen molar-refractivity contribution in [2.75, 3.05) is 6.54 Å². The van der Waals surface area contributed by atoms with Gasteiger partial charge in [-0.3, -0.25) is 0 Å². The maximum atomic E-state index is 3.89. The number of allylic oxidation sites excluding steroid dienone is 3. The van der Waals surface area contributed by atoms with Crippen LogP contribution in [0.1, 0.15) is 120 Å². The summed E-state index contributed by atoms with van der Waals surface area (Å²) in [5.41, 5.74) is 0. The van der Waals surface area contributed by atoms with E-state index >= 15 is 0 Å². The monoisotopic (exact) mass is 433 g/mol. The van der Waals surface area contributed by atoms with Gasteiger partial charge in [0.25, 0.3) is 0 Å². The van der Waals surface area contributed by atoms with Crippen LogP contribution in [0, 0.1) is 35.5 Å². The molecule has 0 aromatic carbocycles. The fraction of sp³-hybridized carbons (Fsp3) is 0.867. The smallest absolute Gasteiger partial charge is 0.0104 e. The molecule has 0 spiro atoms. The number of nitrogens with one attached hydrogen (secondary N) is 1. The molecule has 31 heavy (non-hydrogen) atoms. The zero-order valence-electron chi connectivity index (χ0n) is 22.9. The highest BCUT2D eigenvalue weighted by Gasteiger charge is 2.21. The molecule has 1 N–H and O–H groups in total. The Labute approximate surface area is 197 Å². The Kier molecular flexibility index (Phi) is 18.6. The van der Waals surface area contributed by atoms with Crippen molar-refractivity contribution in [1.29, 1.82) is 0 Å². The van der Waals surface area contributed by atoms with Gasteiger partial charge in [-0.05, 0) is 61.8 Å². The van der Waals surface area contributed by atoms with Crippen molar-refractivity contribution in [2.45, 2.75) is 126 Å². The van der Waals surface area contributed by atoms with E-state index in [-0.39, 0.29) is 0 Å². The normalized spacial score (nSPS) is 19.4. The molecule has 6 unspecified atom stereocenters. The molecule has 0 aromatic heterocycles. The molecule has 0 aliphatic carbocycles. The molecule has 0 radical (unpaired) electrons. The van der Waals surface area contributed by atoms with E-state index in [0.717, 1.165) is 30.2 Å². The second kappa shape index (κ2) is 19.0. The first-order valence-electron chi connectivity index (χ1n) is 13.8. The molecule has 0 aliphatic heterocycles. The van der Waals surface area contributed by atoms with Gasteiger partial charge < -0.3 is 5.32 Å². The van der Waals surface area contributed by atoms with E-state index in [1.54, 1.807) is 0 Å². The van der Waals surface area contributed by atoms with Gasteiger partial charge in [0.15, 0.2) is 0 Å². The molecular weight excluding hydrogens is 374 g/mol. The molecule has 0 amide bonds. The zero-order chi connectivity index (χ0) is 23.6. The van der Waals surface area contributed by atoms with Crippen molar-refractivity contribution >= 4 is 0 Å². The predicted octanol–water partition coefficient (Wildman–Crippen LogP) is 9.44. The number of unbranched alkanes of at least 4 members (excludes halogenated alkanes) is 2. The van der Waals surface area contributed by atoms with E-state index < -0.39 is 0 Å². The minimum atomic E-state index is 0.531. The Bertz CT molecular complexity index is 451. The van der Waals surface area contributed by atoms with E-state index in [1.165, 1.54) is 57.8 Å². The SMILES string of the molecule is CCC/C=C\C=C\C(C(C)CC)C(C)NCC(C)CC(C)CC[C@@H](C)C(C)CCCC. The van der Waals surface area contributed by atoms with Gasteiger partial charge in [0.2, 0.25) is 0 Å². The van der Waals surface area contributed by atoms with Crippen LogP contribution >= 0.6 is 0 Å². The van der Waals surface area contributed by atoms with Gasteiger partial charge in [-0.1, -0.05) is 125 Å². The molecule has 1 heteroatoms. The standard InChI is InChI=1S/C30H59N/c1-10-13-15-16-17-19-30(26(6)12-3)29(9)31-23-25(5)22-24(4)20-21-28(8)27(7)18-14-11-2/h15-17,19,24-31H,10-14,18,20-23H2,1-9H3/b16-15-,19-17+/t24?,25?,26?,27?,28-,29?,30?/m1/s1. The lowest BCUT2D eigenvalue weighted by molar-refractivity contribution is 0.278. The Balaban J connectivity index is 4.41. The van der Waals surface area contributed by atoms with Crippen LogP contribution in [0.25, 0.3) is 0 Å². The average molecular weight is 434 g/mol. The lowest BCUT2D eigenvalue weighted by Gasteiger charge is -2.29. The van der Waals surface area contributed by atoms with Crippen molar-refractivity contribution in [3.63, 3.8) is 0 Å². The maximum absolute atomic E-state index is 3.89. The van der Waals surface area contributed by atoms with Gasteiger partial charge in [-0.25, -0.2) is 0 Å². The van der Waals surface area contributed by atoms with Gasteiger partial charge >= 0.3 is 0 Å². The van der Waals surface area contributed by atoms with Crippen molar-refractivity contribution in [2.24, 2.45) is 35.5 Å². The molecule has 0 heterocycles. The molecule has 0 aliphatic rings. The summed E-state index contributed by atoms with van der Waals surface area (Å²) < 4.78 is 0. The lowest BCUT2D eigenvalue weighted by atomic mass is 9.83. The van der Waals surface area contributed by atoms with Gasteiger partial charge in [-0.2, -0.15) is 0 Å². The Morgan fingerprint density at radius 2 is 1.39 bits per heavy atom. The highest BCUT2D eigenvalue weighted by atomic mass is 14.9. The number of hydrogen-bond donors (Lipinski definition) is 1. The first kappa shape index (κ1) is 30.4. The first-order valence-corrected chi connectivity index (χ1v) is 13.8. The summed E-state index contributed by atoms with van der Waals surface area (Å²) >= 11 is 0. The summed E-state index contributed by atoms with van der Waals surface area (Å²) in [6.45, 7) is 22.6. The molecule has 1 nitrogen and oxygen atoms in total. The Morgan fingerprint density at radius 1 is 0.710 bits per heavy atom. The highest BCUT2D eigenvalue weighted by Crippen LogP contribution is 2.26. The average Bonchev–Trinajstić information content (AvgIpc) is 2.75. The summed E-state index contributed by atoms with van der Waals surface area (Å²) in [5.74, 6) is 4.65. The fourth-order valence-corrected chi connectivity index (χ4v) is 4.71. The van der Waals surface area contributed by atoms with Crippen molar-refractivity contribution in [1.82, 2.24) is 5.32 Å². The third kappa shape index (κ3) is 15.0. The van der Waals surface area contributed by atoms with Gasteiger partial charge in [0.1, 0.15) is 0 Å². The van der Waals surface area contributed by atoms with Crippen LogP contribution in [-0.4, -0.2) is 12.6 Å². The third-order valence-electron chi connectivity index (χ3n) is 7.61. The van der Waals surface area contributed by atoms with Crippen molar-refractivity contribution < 1.29 is 0 Å². The van der Waals surface area contributed by atoms with Gasteiger partial charge in [-0.15, -0.1) is 0 Å². The maximum Gasteiger partial charge on any atom is 0.0104 e. The molecule has 0 saturated carbocycles. The van der Waals surface area contributed by atoms with Crippen LogP contribution in [0.5, 0.6) is 0 Å². The second-order valence-electron chi connectivity index (χ2n) is 10.9. The van der Waals surface area contributed by atoms with Crippen LogP contribution < -0.4 is 5.32 Å². The Hall–Kier alpha value is -0.560. The molecule has 0 saturated heterocycles. The molecule has 7 atom stereocenters. The summed E-state index contributed by atoms with van der Waals surface area (Å²) in [4.78, 5) is 0. The minimum absolute atomic E-state index is 0.531. The molecule has 0 rings (SSSR count). The summed E-state index contributed by atoms with van der Waals surface area (Å²) in [6.07, 6.45) is 21.1. The van der Waals surface area contributed by atoms with Crippen LogP contribution in [0.4, 0.5) is 0 Å². The van der Waals surface area contributed by atoms with Crippen LogP contribution in [0.2, 0.25) is 0 Å². The second-order valence-corrected chi connectivity index (χ2v) is 10.9. The van der Waals surface area contributed by atoms with E-state index in [4.69, 9.17) is 0 Å². The number of rotatable bonds is 19. The summed E-state index contributed by atoms with van der Waals surface area (Å²) in [7, 11) is 0. The van der Waals surface area contributed by atoms with E-state index in [0.29, 0.717) is 17.9 Å². The Morgan fingerprint density at radius 3 is 2.00 bits per heavy atom. The van der Waals surface area contributed by atoms with Crippen LogP contribution in [0.15, 0.2) is 24.3 Å². The molecule has 0 bridgehead atoms. The molecule has 184 valence electrons. The van der Waals surface area contributed by atoms with E-state index in [9.17, 15) is 0 Å². The molecular formula is C30H59N. The van der Waals surface area contributed by atoms with Gasteiger partial charge in [0.05, 0.1) is 0 Å². The largest absolute Gasteiger partial charge is 0.313 e. The summed E-state index contributed by atoms with van der Waals surface area (Å²) in [6, 6.07) is 0.531.